The lowest BCUT2D eigenvalue weighted by Crippen LogP contribution is -2.32. The third-order valence-corrected chi connectivity index (χ3v) is 5.82. The zero-order valence-electron chi connectivity index (χ0n) is 19.4. The molecule has 2 amide bonds. The molecule has 0 saturated heterocycles. The van der Waals surface area contributed by atoms with Gasteiger partial charge in [-0.3, -0.25) is 9.59 Å². The van der Waals surface area contributed by atoms with Gasteiger partial charge in [0.15, 0.2) is 0 Å². The molecule has 168 valence electrons. The van der Waals surface area contributed by atoms with Crippen molar-refractivity contribution >= 4 is 28.8 Å². The van der Waals surface area contributed by atoms with E-state index in [0.717, 1.165) is 21.6 Å². The SMILES string of the molecule is COc1ccc(C)cc1NC1=C(c2ccc(C)c(C)c2)C(=O)N(c2ccccc2OC)C1=O. The molecule has 0 spiro atoms. The standard InChI is InChI=1S/C27H26N2O4/c1-16-10-13-22(32-4)20(14-16)28-25-24(19-12-11-17(2)18(3)15-19)26(30)29(27(25)31)21-8-6-7-9-23(21)33-5/h6-15,28H,1-5H3. The van der Waals surface area contributed by atoms with Gasteiger partial charge in [-0.05, 0) is 67.3 Å². The van der Waals surface area contributed by atoms with Crippen LogP contribution in [-0.4, -0.2) is 26.0 Å². The molecule has 0 fully saturated rings. The summed E-state index contributed by atoms with van der Waals surface area (Å²) < 4.78 is 10.9. The number of nitrogens with one attached hydrogen (secondary N) is 1. The molecule has 6 heteroatoms. The number of hydrogen-bond donors (Lipinski definition) is 1. The number of methoxy groups -OCH3 is 2. The first-order valence-corrected chi connectivity index (χ1v) is 10.6. The fourth-order valence-corrected chi connectivity index (χ4v) is 3.90. The molecule has 0 aromatic heterocycles. The van der Waals surface area contributed by atoms with E-state index in [-0.39, 0.29) is 5.70 Å². The minimum atomic E-state index is -0.457. The summed E-state index contributed by atoms with van der Waals surface area (Å²) in [6, 6.07) is 18.4. The molecule has 0 unspecified atom stereocenters. The highest BCUT2D eigenvalue weighted by Crippen LogP contribution is 2.39. The number of rotatable bonds is 6. The van der Waals surface area contributed by atoms with E-state index in [1.54, 1.807) is 31.4 Å². The Labute approximate surface area is 193 Å². The van der Waals surface area contributed by atoms with Crippen LogP contribution in [0.3, 0.4) is 0 Å². The van der Waals surface area contributed by atoms with Gasteiger partial charge >= 0.3 is 0 Å². The molecule has 0 atom stereocenters. The van der Waals surface area contributed by atoms with Gasteiger partial charge in [0.2, 0.25) is 0 Å². The molecule has 1 N–H and O–H groups in total. The Hall–Kier alpha value is -4.06. The third kappa shape index (κ3) is 3.96. The van der Waals surface area contributed by atoms with Crippen LogP contribution in [0.1, 0.15) is 22.3 Å². The van der Waals surface area contributed by atoms with Crippen molar-refractivity contribution in [2.75, 3.05) is 24.4 Å². The van der Waals surface area contributed by atoms with E-state index in [9.17, 15) is 9.59 Å². The quantitative estimate of drug-likeness (QED) is 0.543. The van der Waals surface area contributed by atoms with E-state index >= 15 is 0 Å². The second kappa shape index (κ2) is 8.82. The lowest BCUT2D eigenvalue weighted by Gasteiger charge is -2.18. The Kier molecular flexibility index (Phi) is 5.92. The Morgan fingerprint density at radius 2 is 1.48 bits per heavy atom. The number of benzene rings is 3. The highest BCUT2D eigenvalue weighted by Gasteiger charge is 2.41. The Balaban J connectivity index is 1.90. The Morgan fingerprint density at radius 1 is 0.758 bits per heavy atom. The van der Waals surface area contributed by atoms with Crippen LogP contribution >= 0.6 is 0 Å². The first kappa shape index (κ1) is 22.1. The summed E-state index contributed by atoms with van der Waals surface area (Å²) in [6.45, 7) is 5.94. The number of carbonyl (C=O) groups is 2. The lowest BCUT2D eigenvalue weighted by atomic mass is 9.99. The molecule has 33 heavy (non-hydrogen) atoms. The number of nitrogens with zero attached hydrogens (tertiary/aromatic N) is 1. The van der Waals surface area contributed by atoms with Crippen LogP contribution in [0.2, 0.25) is 0 Å². The smallest absolute Gasteiger partial charge is 0.282 e. The predicted octanol–water partition coefficient (Wildman–Crippen LogP) is 5.03. The molecule has 4 rings (SSSR count). The molecule has 0 bridgehead atoms. The van der Waals surface area contributed by atoms with Crippen LogP contribution < -0.4 is 19.7 Å². The normalized spacial score (nSPS) is 13.5. The highest BCUT2D eigenvalue weighted by molar-refractivity contribution is 6.46. The van der Waals surface area contributed by atoms with Gasteiger partial charge in [0.25, 0.3) is 11.8 Å². The maximum atomic E-state index is 13.7. The molecule has 1 aliphatic rings. The minimum Gasteiger partial charge on any atom is -0.495 e. The van der Waals surface area contributed by atoms with Crippen molar-refractivity contribution in [1.29, 1.82) is 0 Å². The van der Waals surface area contributed by atoms with Gasteiger partial charge in [-0.2, -0.15) is 0 Å². The summed E-state index contributed by atoms with van der Waals surface area (Å²) in [5, 5.41) is 3.20. The lowest BCUT2D eigenvalue weighted by molar-refractivity contribution is -0.120. The number of hydrogen-bond acceptors (Lipinski definition) is 5. The van der Waals surface area contributed by atoms with E-state index in [2.05, 4.69) is 5.32 Å². The maximum Gasteiger partial charge on any atom is 0.282 e. The van der Waals surface area contributed by atoms with Crippen molar-refractivity contribution in [2.24, 2.45) is 0 Å². The highest BCUT2D eigenvalue weighted by atomic mass is 16.5. The summed E-state index contributed by atoms with van der Waals surface area (Å²) in [5.74, 6) is 0.139. The van der Waals surface area contributed by atoms with Gasteiger partial charge in [0, 0.05) is 0 Å². The van der Waals surface area contributed by atoms with Crippen molar-refractivity contribution < 1.29 is 19.1 Å². The molecule has 3 aromatic carbocycles. The summed E-state index contributed by atoms with van der Waals surface area (Å²) >= 11 is 0. The average molecular weight is 443 g/mol. The monoisotopic (exact) mass is 442 g/mol. The van der Waals surface area contributed by atoms with Crippen LogP contribution in [0.25, 0.3) is 5.57 Å². The number of anilines is 2. The third-order valence-electron chi connectivity index (χ3n) is 5.82. The van der Waals surface area contributed by atoms with E-state index in [4.69, 9.17) is 9.47 Å². The van der Waals surface area contributed by atoms with Crippen LogP contribution in [0.4, 0.5) is 11.4 Å². The van der Waals surface area contributed by atoms with Gasteiger partial charge < -0.3 is 14.8 Å². The molecule has 1 aliphatic heterocycles. The largest absolute Gasteiger partial charge is 0.495 e. The van der Waals surface area contributed by atoms with Crippen molar-refractivity contribution in [2.45, 2.75) is 20.8 Å². The van der Waals surface area contributed by atoms with Crippen LogP contribution in [0.15, 0.2) is 66.4 Å². The Morgan fingerprint density at radius 3 is 2.18 bits per heavy atom. The molecule has 0 aliphatic carbocycles. The van der Waals surface area contributed by atoms with Crippen molar-refractivity contribution in [3.8, 4) is 11.5 Å². The summed E-state index contributed by atoms with van der Waals surface area (Å²) in [4.78, 5) is 28.6. The van der Waals surface area contributed by atoms with Gasteiger partial charge in [0.1, 0.15) is 17.2 Å². The number of ether oxygens (including phenoxy) is 2. The number of carbonyl (C=O) groups excluding carboxylic acids is 2. The molecule has 0 radical (unpaired) electrons. The molecule has 6 nitrogen and oxygen atoms in total. The minimum absolute atomic E-state index is 0.193. The first-order valence-electron chi connectivity index (χ1n) is 10.6. The summed E-state index contributed by atoms with van der Waals surface area (Å²) in [6.07, 6.45) is 0. The van der Waals surface area contributed by atoms with Gasteiger partial charge in [-0.15, -0.1) is 0 Å². The van der Waals surface area contributed by atoms with Gasteiger partial charge in [-0.25, -0.2) is 4.90 Å². The molecule has 1 heterocycles. The van der Waals surface area contributed by atoms with Crippen molar-refractivity contribution in [3.05, 3.63) is 88.6 Å². The van der Waals surface area contributed by atoms with E-state index in [1.165, 1.54) is 7.11 Å². The molecular formula is C27H26N2O4. The van der Waals surface area contributed by atoms with Crippen LogP contribution in [0, 0.1) is 20.8 Å². The van der Waals surface area contributed by atoms with E-state index < -0.39 is 11.8 Å². The predicted molar refractivity (Wildman–Crippen MR) is 130 cm³/mol. The van der Waals surface area contributed by atoms with Crippen LogP contribution in [-0.2, 0) is 9.59 Å². The summed E-state index contributed by atoms with van der Waals surface area (Å²) in [7, 11) is 3.08. The second-order valence-electron chi connectivity index (χ2n) is 8.00. The number of amides is 2. The van der Waals surface area contributed by atoms with Crippen LogP contribution in [0.5, 0.6) is 11.5 Å². The van der Waals surface area contributed by atoms with Gasteiger partial charge in [0.05, 0.1) is 31.2 Å². The first-order chi connectivity index (χ1) is 15.8. The molecular weight excluding hydrogens is 416 g/mol. The number of aryl methyl sites for hydroxylation is 3. The fourth-order valence-electron chi connectivity index (χ4n) is 3.90. The van der Waals surface area contributed by atoms with Gasteiger partial charge in [-0.1, -0.05) is 36.4 Å². The Bertz CT molecular complexity index is 1290. The average Bonchev–Trinajstić information content (AvgIpc) is 3.05. The van der Waals surface area contributed by atoms with Crippen molar-refractivity contribution in [3.63, 3.8) is 0 Å². The zero-order valence-corrected chi connectivity index (χ0v) is 19.4. The zero-order chi connectivity index (χ0) is 23.7. The van der Waals surface area contributed by atoms with E-state index in [1.807, 2.05) is 57.2 Å². The molecule has 3 aromatic rings. The maximum absolute atomic E-state index is 13.7. The summed E-state index contributed by atoms with van der Waals surface area (Å²) in [5.41, 5.74) is 5.29. The fraction of sp³-hybridized carbons (Fsp3) is 0.185. The second-order valence-corrected chi connectivity index (χ2v) is 8.00. The molecule has 0 saturated carbocycles. The number of imide groups is 1. The number of para-hydroxylation sites is 2. The van der Waals surface area contributed by atoms with E-state index in [0.29, 0.717) is 34.0 Å². The topological polar surface area (TPSA) is 67.9 Å². The van der Waals surface area contributed by atoms with Crippen molar-refractivity contribution in [1.82, 2.24) is 0 Å².